The SMILES string of the molecule is CC(=O)N1CCN(Cc2ccnc(N3CCCC3)n2)[C@H](c2ccc(OC(C)C)cc2)C1. The third-order valence-electron chi connectivity index (χ3n) is 6.03. The number of benzene rings is 1. The van der Waals surface area contributed by atoms with Crippen molar-refractivity contribution < 1.29 is 9.53 Å². The third-order valence-corrected chi connectivity index (χ3v) is 6.03. The highest BCUT2D eigenvalue weighted by Crippen LogP contribution is 2.29. The van der Waals surface area contributed by atoms with Crippen molar-refractivity contribution in [1.29, 1.82) is 0 Å². The molecule has 2 aromatic rings. The molecule has 0 bridgehead atoms. The first-order valence-corrected chi connectivity index (χ1v) is 11.3. The highest BCUT2D eigenvalue weighted by atomic mass is 16.5. The molecule has 0 aliphatic carbocycles. The minimum absolute atomic E-state index is 0.121. The van der Waals surface area contributed by atoms with Gasteiger partial charge in [0.05, 0.1) is 17.8 Å². The van der Waals surface area contributed by atoms with E-state index in [1.165, 1.54) is 18.4 Å². The van der Waals surface area contributed by atoms with Gasteiger partial charge in [-0.25, -0.2) is 9.97 Å². The van der Waals surface area contributed by atoms with Gasteiger partial charge in [0, 0.05) is 52.4 Å². The summed E-state index contributed by atoms with van der Waals surface area (Å²) in [4.78, 5) is 28.0. The van der Waals surface area contributed by atoms with E-state index in [0.717, 1.165) is 50.1 Å². The number of rotatable bonds is 6. The fraction of sp³-hybridized carbons (Fsp3) is 0.542. The molecule has 0 saturated carbocycles. The van der Waals surface area contributed by atoms with E-state index in [-0.39, 0.29) is 18.1 Å². The molecule has 0 spiro atoms. The molecule has 31 heavy (non-hydrogen) atoms. The van der Waals surface area contributed by atoms with Gasteiger partial charge in [0.1, 0.15) is 5.75 Å². The quantitative estimate of drug-likeness (QED) is 0.711. The van der Waals surface area contributed by atoms with E-state index in [2.05, 4.69) is 26.9 Å². The standard InChI is InChI=1S/C24H33N5O2/c1-18(2)31-22-8-6-20(7-9-22)23-17-28(19(3)30)14-15-29(23)16-21-10-11-25-24(26-21)27-12-4-5-13-27/h6-11,18,23H,4-5,12-17H2,1-3H3/t23-/m0/s1. The first-order chi connectivity index (χ1) is 15.0. The molecular weight excluding hydrogens is 390 g/mol. The van der Waals surface area contributed by atoms with E-state index < -0.39 is 0 Å². The first kappa shape index (κ1) is 21.6. The summed E-state index contributed by atoms with van der Waals surface area (Å²) in [6, 6.07) is 10.4. The monoisotopic (exact) mass is 423 g/mol. The lowest BCUT2D eigenvalue weighted by Crippen LogP contribution is -2.49. The topological polar surface area (TPSA) is 61.8 Å². The van der Waals surface area contributed by atoms with Crippen LogP contribution < -0.4 is 9.64 Å². The number of carbonyl (C=O) groups is 1. The number of ether oxygens (including phenoxy) is 1. The maximum Gasteiger partial charge on any atom is 0.225 e. The zero-order valence-electron chi connectivity index (χ0n) is 18.8. The third kappa shape index (κ3) is 5.34. The molecule has 2 aliphatic heterocycles. The van der Waals surface area contributed by atoms with Crippen molar-refractivity contribution in [3.63, 3.8) is 0 Å². The van der Waals surface area contributed by atoms with Crippen LogP contribution >= 0.6 is 0 Å². The van der Waals surface area contributed by atoms with E-state index in [4.69, 9.17) is 9.72 Å². The van der Waals surface area contributed by atoms with Gasteiger partial charge in [0.2, 0.25) is 11.9 Å². The molecule has 166 valence electrons. The molecule has 7 heteroatoms. The summed E-state index contributed by atoms with van der Waals surface area (Å²) in [5.74, 6) is 1.84. The lowest BCUT2D eigenvalue weighted by atomic mass is 10.0. The van der Waals surface area contributed by atoms with Gasteiger partial charge in [-0.2, -0.15) is 0 Å². The number of hydrogen-bond donors (Lipinski definition) is 0. The number of nitrogens with zero attached hydrogens (tertiary/aromatic N) is 5. The summed E-state index contributed by atoms with van der Waals surface area (Å²) in [5.41, 5.74) is 2.22. The second-order valence-electron chi connectivity index (χ2n) is 8.73. The molecule has 0 radical (unpaired) electrons. The molecular formula is C24H33N5O2. The van der Waals surface area contributed by atoms with Crippen molar-refractivity contribution in [1.82, 2.24) is 19.8 Å². The molecule has 1 amide bonds. The predicted octanol–water partition coefficient (Wildman–Crippen LogP) is 3.27. The average molecular weight is 424 g/mol. The Balaban J connectivity index is 1.53. The average Bonchev–Trinajstić information content (AvgIpc) is 3.29. The molecule has 4 rings (SSSR count). The van der Waals surface area contributed by atoms with Gasteiger partial charge in [0.15, 0.2) is 0 Å². The van der Waals surface area contributed by atoms with Crippen LogP contribution in [-0.4, -0.2) is 64.5 Å². The van der Waals surface area contributed by atoms with Crippen LogP contribution in [0.25, 0.3) is 0 Å². The summed E-state index contributed by atoms with van der Waals surface area (Å²) in [5, 5.41) is 0. The number of amides is 1. The molecule has 2 aliphatic rings. The normalized spacial score (nSPS) is 19.8. The number of piperazine rings is 1. The minimum atomic E-state index is 0.121. The molecule has 1 aromatic carbocycles. The van der Waals surface area contributed by atoms with Gasteiger partial charge >= 0.3 is 0 Å². The summed E-state index contributed by atoms with van der Waals surface area (Å²) in [7, 11) is 0. The Labute approximate surface area is 185 Å². The molecule has 0 unspecified atom stereocenters. The molecule has 1 aromatic heterocycles. The predicted molar refractivity (Wildman–Crippen MR) is 121 cm³/mol. The van der Waals surface area contributed by atoms with Crippen LogP contribution in [0.5, 0.6) is 5.75 Å². The number of anilines is 1. The summed E-state index contributed by atoms with van der Waals surface area (Å²) in [6.45, 7) is 10.8. The minimum Gasteiger partial charge on any atom is -0.491 e. The molecule has 1 atom stereocenters. The lowest BCUT2D eigenvalue weighted by molar-refractivity contribution is -0.132. The summed E-state index contributed by atoms with van der Waals surface area (Å²) >= 11 is 0. The van der Waals surface area contributed by atoms with Crippen LogP contribution in [-0.2, 0) is 11.3 Å². The Morgan fingerprint density at radius 3 is 2.52 bits per heavy atom. The first-order valence-electron chi connectivity index (χ1n) is 11.3. The van der Waals surface area contributed by atoms with Crippen LogP contribution in [0.2, 0.25) is 0 Å². The zero-order valence-corrected chi connectivity index (χ0v) is 18.8. The number of aromatic nitrogens is 2. The van der Waals surface area contributed by atoms with Gasteiger partial charge in [0.25, 0.3) is 0 Å². The van der Waals surface area contributed by atoms with E-state index in [0.29, 0.717) is 6.54 Å². The van der Waals surface area contributed by atoms with Crippen LogP contribution in [0.1, 0.15) is 50.9 Å². The Kier molecular flexibility index (Phi) is 6.70. The highest BCUT2D eigenvalue weighted by molar-refractivity contribution is 5.73. The van der Waals surface area contributed by atoms with E-state index in [1.54, 1.807) is 6.92 Å². The van der Waals surface area contributed by atoms with Crippen molar-refractivity contribution >= 4 is 11.9 Å². The summed E-state index contributed by atoms with van der Waals surface area (Å²) in [6.07, 6.45) is 4.43. The van der Waals surface area contributed by atoms with Crippen LogP contribution in [0.3, 0.4) is 0 Å². The van der Waals surface area contributed by atoms with Crippen molar-refractivity contribution in [2.45, 2.75) is 52.3 Å². The van der Waals surface area contributed by atoms with E-state index in [1.807, 2.05) is 43.1 Å². The fourth-order valence-electron chi connectivity index (χ4n) is 4.40. The maximum atomic E-state index is 12.1. The highest BCUT2D eigenvalue weighted by Gasteiger charge is 2.30. The Morgan fingerprint density at radius 1 is 1.10 bits per heavy atom. The van der Waals surface area contributed by atoms with Gasteiger partial charge < -0.3 is 14.5 Å². The largest absolute Gasteiger partial charge is 0.491 e. The molecule has 3 heterocycles. The number of hydrogen-bond acceptors (Lipinski definition) is 6. The van der Waals surface area contributed by atoms with Crippen molar-refractivity contribution in [2.24, 2.45) is 0 Å². The van der Waals surface area contributed by atoms with Gasteiger partial charge in [-0.1, -0.05) is 12.1 Å². The van der Waals surface area contributed by atoms with E-state index >= 15 is 0 Å². The molecule has 2 fully saturated rings. The fourth-order valence-corrected chi connectivity index (χ4v) is 4.40. The second-order valence-corrected chi connectivity index (χ2v) is 8.73. The Morgan fingerprint density at radius 2 is 1.84 bits per heavy atom. The maximum absolute atomic E-state index is 12.1. The van der Waals surface area contributed by atoms with Gasteiger partial charge in [-0.05, 0) is 50.5 Å². The second kappa shape index (κ2) is 9.64. The molecule has 7 nitrogen and oxygen atoms in total. The Bertz CT molecular complexity index is 880. The van der Waals surface area contributed by atoms with Crippen LogP contribution in [0.15, 0.2) is 36.5 Å². The zero-order chi connectivity index (χ0) is 21.8. The van der Waals surface area contributed by atoms with Gasteiger partial charge in [-0.15, -0.1) is 0 Å². The van der Waals surface area contributed by atoms with Gasteiger partial charge in [-0.3, -0.25) is 9.69 Å². The van der Waals surface area contributed by atoms with Crippen molar-refractivity contribution in [3.8, 4) is 5.75 Å². The van der Waals surface area contributed by atoms with Crippen LogP contribution in [0.4, 0.5) is 5.95 Å². The molecule has 2 saturated heterocycles. The van der Waals surface area contributed by atoms with Crippen molar-refractivity contribution in [3.05, 3.63) is 47.8 Å². The van der Waals surface area contributed by atoms with E-state index in [9.17, 15) is 4.79 Å². The lowest BCUT2D eigenvalue weighted by Gasteiger charge is -2.41. The van der Waals surface area contributed by atoms with Crippen LogP contribution in [0, 0.1) is 0 Å². The molecule has 0 N–H and O–H groups in total. The Hall–Kier alpha value is -2.67. The smallest absolute Gasteiger partial charge is 0.225 e. The number of carbonyl (C=O) groups excluding carboxylic acids is 1. The summed E-state index contributed by atoms with van der Waals surface area (Å²) < 4.78 is 5.80. The van der Waals surface area contributed by atoms with Crippen molar-refractivity contribution in [2.75, 3.05) is 37.6 Å².